The molecule has 0 atom stereocenters. The standard InChI is InChI=1S/C6H5.C5H3.Y/c1-2-4-6-5-3-1;1-3-5-4-2;/h1-5H;1-2,5H;/q2*-1;. The molecule has 57 valence electrons. The van der Waals surface area contributed by atoms with Gasteiger partial charge in [-0.1, -0.05) is 6.42 Å². The third-order valence-electron chi connectivity index (χ3n) is 0.774. The monoisotopic (exact) mass is 229 g/mol. The van der Waals surface area contributed by atoms with Gasteiger partial charge in [-0.05, 0) is 0 Å². The Morgan fingerprint density at radius 2 is 1.50 bits per heavy atom. The molecule has 0 nitrogen and oxygen atoms in total. The van der Waals surface area contributed by atoms with Crippen LogP contribution in [-0.4, -0.2) is 0 Å². The summed E-state index contributed by atoms with van der Waals surface area (Å²) in [5.74, 6) is 4.31. The minimum absolute atomic E-state index is 0. The Morgan fingerprint density at radius 3 is 1.58 bits per heavy atom. The summed E-state index contributed by atoms with van der Waals surface area (Å²) < 4.78 is 0. The van der Waals surface area contributed by atoms with Crippen molar-refractivity contribution in [1.82, 2.24) is 0 Å². The summed E-state index contributed by atoms with van der Waals surface area (Å²) in [6.45, 7) is 0. The maximum absolute atomic E-state index is 4.69. The van der Waals surface area contributed by atoms with Crippen LogP contribution < -0.4 is 0 Å². The van der Waals surface area contributed by atoms with Gasteiger partial charge in [0.2, 0.25) is 0 Å². The SMILES string of the molecule is C#C[CH-]C#C.[Y].[c-]1ccccc1. The Balaban J connectivity index is 0. The van der Waals surface area contributed by atoms with Crippen molar-refractivity contribution in [3.63, 3.8) is 0 Å². The fourth-order valence-corrected chi connectivity index (χ4v) is 0.390. The first-order valence-electron chi connectivity index (χ1n) is 3.07. The van der Waals surface area contributed by atoms with E-state index in [2.05, 4.69) is 17.9 Å². The normalized spacial score (nSPS) is 5.50. The van der Waals surface area contributed by atoms with E-state index in [1.807, 2.05) is 30.3 Å². The Kier molecular flexibility index (Phi) is 15.0. The molecular formula is C11H8Y-2. The summed E-state index contributed by atoms with van der Waals surface area (Å²) in [5, 5.41) is 0. The quantitative estimate of drug-likeness (QED) is 0.471. The molecule has 0 saturated carbocycles. The van der Waals surface area contributed by atoms with Gasteiger partial charge in [0.1, 0.15) is 0 Å². The zero-order chi connectivity index (χ0) is 8.36. The molecule has 1 heteroatoms. The Hall–Kier alpha value is -0.686. The summed E-state index contributed by atoms with van der Waals surface area (Å²) in [6, 6.07) is 12.5. The summed E-state index contributed by atoms with van der Waals surface area (Å²) in [4.78, 5) is 0. The Labute approximate surface area is 99.6 Å². The molecule has 0 aliphatic rings. The fraction of sp³-hybridized carbons (Fsp3) is 0. The van der Waals surface area contributed by atoms with Gasteiger partial charge in [0.15, 0.2) is 0 Å². The van der Waals surface area contributed by atoms with Gasteiger partial charge >= 0.3 is 0 Å². The van der Waals surface area contributed by atoms with E-state index in [1.165, 1.54) is 6.42 Å². The maximum atomic E-state index is 4.69. The average molecular weight is 229 g/mol. The van der Waals surface area contributed by atoms with Crippen LogP contribution in [-0.2, 0) is 32.7 Å². The minimum atomic E-state index is 0. The predicted octanol–water partition coefficient (Wildman–Crippen LogP) is 1.94. The van der Waals surface area contributed by atoms with Gasteiger partial charge in [-0.25, -0.2) is 11.8 Å². The van der Waals surface area contributed by atoms with Crippen molar-refractivity contribution in [3.8, 4) is 24.7 Å². The van der Waals surface area contributed by atoms with Gasteiger partial charge in [-0.15, -0.1) is 0 Å². The van der Waals surface area contributed by atoms with E-state index in [0.29, 0.717) is 0 Å². The van der Waals surface area contributed by atoms with Crippen LogP contribution in [0.4, 0.5) is 0 Å². The molecule has 0 aliphatic carbocycles. The molecule has 0 unspecified atom stereocenters. The molecule has 0 aromatic heterocycles. The molecule has 1 aromatic carbocycles. The second kappa shape index (κ2) is 12.9. The van der Waals surface area contributed by atoms with E-state index in [0.717, 1.165) is 0 Å². The van der Waals surface area contributed by atoms with Crippen molar-refractivity contribution >= 4 is 0 Å². The zero-order valence-corrected chi connectivity index (χ0v) is 9.53. The van der Waals surface area contributed by atoms with Crippen LogP contribution in [0.25, 0.3) is 0 Å². The van der Waals surface area contributed by atoms with Crippen molar-refractivity contribution in [2.75, 3.05) is 0 Å². The zero-order valence-electron chi connectivity index (χ0n) is 6.70. The molecule has 0 saturated heterocycles. The van der Waals surface area contributed by atoms with Crippen LogP contribution in [0.2, 0.25) is 0 Å². The topological polar surface area (TPSA) is 0 Å². The Bertz CT molecular complexity index is 199. The van der Waals surface area contributed by atoms with Gasteiger partial charge in [0, 0.05) is 32.7 Å². The third kappa shape index (κ3) is 12.0. The van der Waals surface area contributed by atoms with E-state index >= 15 is 0 Å². The summed E-state index contributed by atoms with van der Waals surface area (Å²) in [5.41, 5.74) is 0. The Morgan fingerprint density at radius 1 is 1.00 bits per heavy atom. The first-order chi connectivity index (χ1) is 5.41. The largest absolute Gasteiger partial charge is 0.266 e. The van der Waals surface area contributed by atoms with Crippen LogP contribution in [0.5, 0.6) is 0 Å². The van der Waals surface area contributed by atoms with Crippen molar-refractivity contribution in [3.05, 3.63) is 42.8 Å². The van der Waals surface area contributed by atoms with E-state index in [-0.39, 0.29) is 32.7 Å². The molecule has 12 heavy (non-hydrogen) atoms. The van der Waals surface area contributed by atoms with Crippen molar-refractivity contribution in [2.45, 2.75) is 0 Å². The van der Waals surface area contributed by atoms with Gasteiger partial charge in [-0.2, -0.15) is 36.4 Å². The number of rotatable bonds is 0. The van der Waals surface area contributed by atoms with Gasteiger partial charge in [0.25, 0.3) is 0 Å². The predicted molar refractivity (Wildman–Crippen MR) is 47.2 cm³/mol. The van der Waals surface area contributed by atoms with Gasteiger partial charge in [0.05, 0.1) is 0 Å². The molecule has 0 spiro atoms. The fourth-order valence-electron chi connectivity index (χ4n) is 0.390. The number of hydrogen-bond donors (Lipinski definition) is 0. The smallest absolute Gasteiger partial charge is 0 e. The molecule has 0 aliphatic heterocycles. The van der Waals surface area contributed by atoms with E-state index in [1.54, 1.807) is 0 Å². The average Bonchev–Trinajstić information content (AvgIpc) is 2.10. The summed E-state index contributed by atoms with van der Waals surface area (Å²) in [7, 11) is 0. The first kappa shape index (κ1) is 13.9. The number of terminal acetylenes is 2. The van der Waals surface area contributed by atoms with Crippen molar-refractivity contribution in [1.29, 1.82) is 0 Å². The molecule has 1 rings (SSSR count). The summed E-state index contributed by atoms with van der Waals surface area (Å²) in [6.07, 6.45) is 10.7. The van der Waals surface area contributed by atoms with Crippen LogP contribution in [0.1, 0.15) is 0 Å². The van der Waals surface area contributed by atoms with E-state index < -0.39 is 0 Å². The van der Waals surface area contributed by atoms with E-state index in [4.69, 9.17) is 12.8 Å². The molecule has 0 heterocycles. The van der Waals surface area contributed by atoms with Crippen molar-refractivity contribution < 1.29 is 32.7 Å². The van der Waals surface area contributed by atoms with Gasteiger partial charge in [-0.3, -0.25) is 12.8 Å². The second-order valence-corrected chi connectivity index (χ2v) is 1.56. The molecular weight excluding hydrogens is 221 g/mol. The third-order valence-corrected chi connectivity index (χ3v) is 0.774. The maximum Gasteiger partial charge on any atom is 0 e. The molecule has 1 aromatic rings. The van der Waals surface area contributed by atoms with Crippen LogP contribution in [0.3, 0.4) is 0 Å². The molecule has 1 radical (unpaired) electrons. The molecule has 0 bridgehead atoms. The van der Waals surface area contributed by atoms with Crippen LogP contribution in [0, 0.1) is 37.2 Å². The molecule has 0 amide bonds. The number of benzene rings is 1. The van der Waals surface area contributed by atoms with Crippen molar-refractivity contribution in [2.24, 2.45) is 0 Å². The second-order valence-electron chi connectivity index (χ2n) is 1.56. The molecule has 0 N–H and O–H groups in total. The van der Waals surface area contributed by atoms with Crippen LogP contribution in [0.15, 0.2) is 30.3 Å². The summed E-state index contributed by atoms with van der Waals surface area (Å²) >= 11 is 0. The first-order valence-corrected chi connectivity index (χ1v) is 3.07. The number of hydrogen-bond acceptors (Lipinski definition) is 0. The van der Waals surface area contributed by atoms with Crippen LogP contribution >= 0.6 is 0 Å². The minimum Gasteiger partial charge on any atom is -0.266 e. The van der Waals surface area contributed by atoms with E-state index in [9.17, 15) is 0 Å². The molecule has 0 fully saturated rings. The van der Waals surface area contributed by atoms with Gasteiger partial charge < -0.3 is 0 Å².